The Morgan fingerprint density at radius 2 is 2.05 bits per heavy atom. The summed E-state index contributed by atoms with van der Waals surface area (Å²) in [6, 6.07) is 5.90. The second kappa shape index (κ2) is 5.23. The van der Waals surface area contributed by atoms with Crippen LogP contribution in [0.5, 0.6) is 11.5 Å². The molecule has 1 aliphatic heterocycles. The number of imidazole rings is 1. The molecule has 21 heavy (non-hydrogen) atoms. The molecule has 0 fully saturated rings. The van der Waals surface area contributed by atoms with Crippen LogP contribution in [-0.2, 0) is 0 Å². The highest BCUT2D eigenvalue weighted by Crippen LogP contribution is 2.37. The third kappa shape index (κ3) is 2.47. The van der Waals surface area contributed by atoms with E-state index in [1.165, 1.54) is 0 Å². The molecule has 0 saturated heterocycles. The van der Waals surface area contributed by atoms with Gasteiger partial charge in [-0.05, 0) is 34.1 Å². The third-order valence-corrected chi connectivity index (χ3v) is 4.38. The summed E-state index contributed by atoms with van der Waals surface area (Å²) in [6.07, 6.45) is 5.54. The molecule has 106 valence electrons. The Bertz CT molecular complexity index is 821. The molecule has 0 amide bonds. The summed E-state index contributed by atoms with van der Waals surface area (Å²) in [5, 5.41) is 0.839. The Kier molecular flexibility index (Phi) is 3.23. The zero-order valence-electron chi connectivity index (χ0n) is 10.8. The largest absolute Gasteiger partial charge is 0.486 e. The Hall–Kier alpha value is -1.73. The van der Waals surface area contributed by atoms with Crippen LogP contribution in [0.2, 0.25) is 0 Å². The number of hydrogen-bond donors (Lipinski definition) is 0. The van der Waals surface area contributed by atoms with Crippen LogP contribution < -0.4 is 9.47 Å². The molecular formula is C14H10BrN3O2S. The van der Waals surface area contributed by atoms with Gasteiger partial charge in [0.2, 0.25) is 0 Å². The van der Waals surface area contributed by atoms with Crippen LogP contribution in [0.3, 0.4) is 0 Å². The van der Waals surface area contributed by atoms with Crippen molar-refractivity contribution in [1.29, 1.82) is 0 Å². The van der Waals surface area contributed by atoms with Crippen LogP contribution in [0, 0.1) is 0 Å². The van der Waals surface area contributed by atoms with Gasteiger partial charge in [-0.15, -0.1) is 0 Å². The lowest BCUT2D eigenvalue weighted by atomic mass is 10.3. The molecular weight excluding hydrogens is 354 g/mol. The normalized spacial score (nSPS) is 13.6. The van der Waals surface area contributed by atoms with Crippen LogP contribution in [0.4, 0.5) is 0 Å². The lowest BCUT2D eigenvalue weighted by molar-refractivity contribution is 0.171. The highest BCUT2D eigenvalue weighted by Gasteiger charge is 2.14. The molecule has 7 heteroatoms. The van der Waals surface area contributed by atoms with Gasteiger partial charge in [0.1, 0.15) is 22.8 Å². The molecule has 4 rings (SSSR count). The van der Waals surface area contributed by atoms with Crippen molar-refractivity contribution >= 4 is 33.3 Å². The van der Waals surface area contributed by atoms with Crippen LogP contribution >= 0.6 is 27.7 Å². The highest BCUT2D eigenvalue weighted by atomic mass is 79.9. The maximum absolute atomic E-state index is 5.61. The van der Waals surface area contributed by atoms with Crippen molar-refractivity contribution in [2.75, 3.05) is 13.2 Å². The molecule has 0 atom stereocenters. The maximum Gasteiger partial charge on any atom is 0.170 e. The summed E-state index contributed by atoms with van der Waals surface area (Å²) >= 11 is 4.97. The highest BCUT2D eigenvalue weighted by molar-refractivity contribution is 9.10. The summed E-state index contributed by atoms with van der Waals surface area (Å²) in [5.41, 5.74) is 0.832. The minimum atomic E-state index is 0.584. The molecule has 2 aromatic heterocycles. The molecule has 0 aliphatic carbocycles. The van der Waals surface area contributed by atoms with Crippen molar-refractivity contribution < 1.29 is 9.47 Å². The second-order valence-corrected chi connectivity index (χ2v) is 6.31. The first-order valence-corrected chi connectivity index (χ1v) is 7.97. The molecule has 0 bridgehead atoms. The van der Waals surface area contributed by atoms with E-state index in [0.717, 1.165) is 31.7 Å². The number of aromatic nitrogens is 3. The van der Waals surface area contributed by atoms with Crippen molar-refractivity contribution in [3.63, 3.8) is 0 Å². The van der Waals surface area contributed by atoms with Gasteiger partial charge in [-0.1, -0.05) is 11.8 Å². The van der Waals surface area contributed by atoms with E-state index >= 15 is 0 Å². The number of nitrogens with zero attached hydrogens (tertiary/aromatic N) is 3. The summed E-state index contributed by atoms with van der Waals surface area (Å²) in [4.78, 5) is 9.89. The van der Waals surface area contributed by atoms with Crippen LogP contribution in [0.1, 0.15) is 0 Å². The van der Waals surface area contributed by atoms with Crippen molar-refractivity contribution in [2.45, 2.75) is 9.92 Å². The number of benzene rings is 1. The average molecular weight is 364 g/mol. The fourth-order valence-corrected chi connectivity index (χ4v) is 3.57. The summed E-state index contributed by atoms with van der Waals surface area (Å²) in [6.45, 7) is 1.18. The SMILES string of the molecule is Brc1cn2ccnc2c(Sc2ccc3c(c2)OCCO3)n1. The van der Waals surface area contributed by atoms with Gasteiger partial charge in [0, 0.05) is 23.5 Å². The second-order valence-electron chi connectivity index (χ2n) is 4.43. The van der Waals surface area contributed by atoms with E-state index in [4.69, 9.17) is 9.47 Å². The predicted molar refractivity (Wildman–Crippen MR) is 82.2 cm³/mol. The lowest BCUT2D eigenvalue weighted by Gasteiger charge is -2.18. The third-order valence-electron chi connectivity index (χ3n) is 3.04. The number of halogens is 1. The summed E-state index contributed by atoms with van der Waals surface area (Å²) < 4.78 is 13.9. The van der Waals surface area contributed by atoms with E-state index < -0.39 is 0 Å². The fourth-order valence-electron chi connectivity index (χ4n) is 2.14. The lowest BCUT2D eigenvalue weighted by Crippen LogP contribution is -2.15. The Morgan fingerprint density at radius 1 is 1.19 bits per heavy atom. The van der Waals surface area contributed by atoms with Crippen LogP contribution in [0.25, 0.3) is 5.65 Å². The van der Waals surface area contributed by atoms with E-state index in [2.05, 4.69) is 25.9 Å². The van der Waals surface area contributed by atoms with E-state index in [9.17, 15) is 0 Å². The first-order valence-electron chi connectivity index (χ1n) is 6.36. The van der Waals surface area contributed by atoms with Crippen LogP contribution in [-0.4, -0.2) is 27.6 Å². The summed E-state index contributed by atoms with van der Waals surface area (Å²) in [7, 11) is 0. The van der Waals surface area contributed by atoms with Gasteiger partial charge in [0.25, 0.3) is 0 Å². The minimum Gasteiger partial charge on any atom is -0.486 e. The Balaban J connectivity index is 1.72. The van der Waals surface area contributed by atoms with E-state index in [1.54, 1.807) is 18.0 Å². The molecule has 0 radical (unpaired) electrons. The molecule has 5 nitrogen and oxygen atoms in total. The minimum absolute atomic E-state index is 0.584. The quantitative estimate of drug-likeness (QED) is 0.698. The fraction of sp³-hybridized carbons (Fsp3) is 0.143. The maximum atomic E-state index is 5.61. The number of ether oxygens (including phenoxy) is 2. The molecule has 3 heterocycles. The van der Waals surface area contributed by atoms with E-state index in [0.29, 0.717) is 13.2 Å². The number of hydrogen-bond acceptors (Lipinski definition) is 5. The molecule has 3 aromatic rings. The Labute approximate surface area is 133 Å². The molecule has 0 unspecified atom stereocenters. The monoisotopic (exact) mass is 363 g/mol. The zero-order chi connectivity index (χ0) is 14.2. The van der Waals surface area contributed by atoms with Gasteiger partial charge >= 0.3 is 0 Å². The van der Waals surface area contributed by atoms with Gasteiger partial charge < -0.3 is 13.9 Å². The molecule has 0 spiro atoms. The summed E-state index contributed by atoms with van der Waals surface area (Å²) in [5.74, 6) is 1.57. The van der Waals surface area contributed by atoms with E-state index in [-0.39, 0.29) is 0 Å². The first kappa shape index (κ1) is 13.0. The van der Waals surface area contributed by atoms with Gasteiger partial charge in [-0.2, -0.15) is 0 Å². The average Bonchev–Trinajstić information content (AvgIpc) is 2.95. The van der Waals surface area contributed by atoms with Crippen LogP contribution in [0.15, 0.2) is 51.3 Å². The zero-order valence-corrected chi connectivity index (χ0v) is 13.2. The molecule has 1 aromatic carbocycles. The molecule has 0 saturated carbocycles. The molecule has 1 aliphatic rings. The van der Waals surface area contributed by atoms with Crippen molar-refractivity contribution in [3.05, 3.63) is 41.4 Å². The van der Waals surface area contributed by atoms with Gasteiger partial charge in [0.05, 0.1) is 0 Å². The number of fused-ring (bicyclic) bond motifs is 2. The van der Waals surface area contributed by atoms with Gasteiger partial charge in [-0.3, -0.25) is 0 Å². The Morgan fingerprint density at radius 3 is 2.95 bits per heavy atom. The van der Waals surface area contributed by atoms with Crippen molar-refractivity contribution in [1.82, 2.24) is 14.4 Å². The van der Waals surface area contributed by atoms with Crippen molar-refractivity contribution in [3.8, 4) is 11.5 Å². The van der Waals surface area contributed by atoms with E-state index in [1.807, 2.05) is 35.0 Å². The van der Waals surface area contributed by atoms with Gasteiger partial charge in [-0.25, -0.2) is 9.97 Å². The predicted octanol–water partition coefficient (Wildman–Crippen LogP) is 3.41. The van der Waals surface area contributed by atoms with Gasteiger partial charge in [0.15, 0.2) is 17.1 Å². The van der Waals surface area contributed by atoms with Crippen molar-refractivity contribution in [2.24, 2.45) is 0 Å². The standard InChI is InChI=1S/C14H10BrN3O2S/c15-12-8-18-4-3-16-13(18)14(17-12)21-9-1-2-10-11(7-9)20-6-5-19-10/h1-4,7-8H,5-6H2. The smallest absolute Gasteiger partial charge is 0.170 e. The molecule has 0 N–H and O–H groups in total. The first-order chi connectivity index (χ1) is 10.3. The topological polar surface area (TPSA) is 48.7 Å². The number of rotatable bonds is 2.